The molecule has 0 spiro atoms. The Morgan fingerprint density at radius 1 is 1.44 bits per heavy atom. The summed E-state index contributed by atoms with van der Waals surface area (Å²) in [4.78, 5) is 8.92. The van der Waals surface area contributed by atoms with E-state index in [4.69, 9.17) is 5.84 Å². The molecule has 2 heterocycles. The largest absolute Gasteiger partial charge is 0.308 e. The third-order valence-electron chi connectivity index (χ3n) is 2.28. The molecule has 0 unspecified atom stereocenters. The number of aryl methyl sites for hydroxylation is 1. The van der Waals surface area contributed by atoms with Crippen molar-refractivity contribution in [3.05, 3.63) is 16.9 Å². The number of nitrogens with two attached hydrogens (primary N) is 1. The minimum Gasteiger partial charge on any atom is -0.308 e. The summed E-state index contributed by atoms with van der Waals surface area (Å²) < 4.78 is 0.863. The Kier molecular flexibility index (Phi) is 4.45. The first-order valence-electron chi connectivity index (χ1n) is 5.52. The second kappa shape index (κ2) is 6.07. The molecule has 0 amide bonds. The number of hydrogen-bond donors (Lipinski definition) is 2. The van der Waals surface area contributed by atoms with Crippen molar-refractivity contribution in [3.8, 4) is 0 Å². The first kappa shape index (κ1) is 13.2. The summed E-state index contributed by atoms with van der Waals surface area (Å²) in [6, 6.07) is 0. The average Bonchev–Trinajstić information content (AvgIpc) is 2.86. The van der Waals surface area contributed by atoms with Crippen LogP contribution < -0.4 is 11.3 Å². The summed E-state index contributed by atoms with van der Waals surface area (Å²) in [5, 5.41) is 8.69. The van der Waals surface area contributed by atoms with E-state index in [-0.39, 0.29) is 0 Å². The topological polar surface area (TPSA) is 89.6 Å². The maximum atomic E-state index is 5.48. The molecule has 2 rings (SSSR count). The molecule has 0 aromatic carbocycles. The maximum absolute atomic E-state index is 5.48. The molecule has 0 aliphatic carbocycles. The number of hydrazine groups is 1. The van der Waals surface area contributed by atoms with Crippen LogP contribution >= 0.6 is 23.1 Å². The molecule has 18 heavy (non-hydrogen) atoms. The Morgan fingerprint density at radius 3 is 2.89 bits per heavy atom. The van der Waals surface area contributed by atoms with Gasteiger partial charge in [0, 0.05) is 12.0 Å². The van der Waals surface area contributed by atoms with E-state index in [1.807, 2.05) is 6.92 Å². The van der Waals surface area contributed by atoms with Gasteiger partial charge in [0.15, 0.2) is 4.34 Å². The summed E-state index contributed by atoms with van der Waals surface area (Å²) in [5.74, 6) is 6.94. The highest BCUT2D eigenvalue weighted by molar-refractivity contribution is 8.01. The minimum atomic E-state index is 0.667. The number of hydrogen-bond acceptors (Lipinski definition) is 8. The van der Waals surface area contributed by atoms with Gasteiger partial charge < -0.3 is 5.43 Å². The van der Waals surface area contributed by atoms with Gasteiger partial charge in [0.25, 0.3) is 0 Å². The molecule has 2 aromatic heterocycles. The van der Waals surface area contributed by atoms with Crippen LogP contribution in [0, 0.1) is 6.92 Å². The molecular formula is C10H14N6S2. The molecule has 8 heteroatoms. The summed E-state index contributed by atoms with van der Waals surface area (Å²) in [7, 11) is 0. The fraction of sp³-hybridized carbons (Fsp3) is 0.400. The van der Waals surface area contributed by atoms with Crippen LogP contribution in [0.1, 0.15) is 24.7 Å². The van der Waals surface area contributed by atoms with Crippen LogP contribution in [0.25, 0.3) is 0 Å². The number of anilines is 1. The van der Waals surface area contributed by atoms with E-state index < -0.39 is 0 Å². The van der Waals surface area contributed by atoms with Gasteiger partial charge in [-0.25, -0.2) is 15.8 Å². The smallest absolute Gasteiger partial charge is 0.180 e. The van der Waals surface area contributed by atoms with E-state index in [0.717, 1.165) is 33.6 Å². The van der Waals surface area contributed by atoms with Gasteiger partial charge in [0.05, 0.1) is 0 Å². The number of nitrogens with one attached hydrogen (secondary N) is 1. The second-order valence-electron chi connectivity index (χ2n) is 3.62. The van der Waals surface area contributed by atoms with Gasteiger partial charge in [0.2, 0.25) is 0 Å². The highest BCUT2D eigenvalue weighted by atomic mass is 32.2. The maximum Gasteiger partial charge on any atom is 0.180 e. The van der Waals surface area contributed by atoms with Gasteiger partial charge in [-0.1, -0.05) is 18.3 Å². The van der Waals surface area contributed by atoms with Crippen LogP contribution in [0.5, 0.6) is 0 Å². The average molecular weight is 282 g/mol. The van der Waals surface area contributed by atoms with Gasteiger partial charge in [-0.05, 0) is 25.1 Å². The fourth-order valence-corrected chi connectivity index (χ4v) is 2.90. The molecule has 0 atom stereocenters. The Hall–Kier alpha value is -1.25. The zero-order chi connectivity index (χ0) is 13.0. The molecule has 0 saturated carbocycles. The van der Waals surface area contributed by atoms with Crippen LogP contribution in [0.15, 0.2) is 14.9 Å². The molecule has 3 N–H and O–H groups in total. The first-order chi connectivity index (χ1) is 8.74. The SMILES string of the molecule is CCCc1nc(NN)c(C)c(Sc2nncs2)n1. The number of aromatic nitrogens is 4. The van der Waals surface area contributed by atoms with Gasteiger partial charge in [-0.3, -0.25) is 0 Å². The zero-order valence-electron chi connectivity index (χ0n) is 10.2. The molecule has 96 valence electrons. The third kappa shape index (κ3) is 2.95. The molecule has 0 aliphatic heterocycles. The van der Waals surface area contributed by atoms with Crippen molar-refractivity contribution in [1.29, 1.82) is 0 Å². The fourth-order valence-electron chi connectivity index (χ4n) is 1.41. The number of nitrogens with zero attached hydrogens (tertiary/aromatic N) is 4. The Balaban J connectivity index is 2.34. The van der Waals surface area contributed by atoms with Crippen molar-refractivity contribution in [2.75, 3.05) is 5.43 Å². The molecule has 0 fully saturated rings. The van der Waals surface area contributed by atoms with E-state index in [9.17, 15) is 0 Å². The Labute approximate surface area is 113 Å². The van der Waals surface area contributed by atoms with Crippen molar-refractivity contribution in [1.82, 2.24) is 20.2 Å². The summed E-state index contributed by atoms with van der Waals surface area (Å²) in [6.07, 6.45) is 1.83. The molecule has 0 bridgehead atoms. The molecule has 0 saturated heterocycles. The van der Waals surface area contributed by atoms with Gasteiger partial charge in [-0.15, -0.1) is 10.2 Å². The lowest BCUT2D eigenvalue weighted by Crippen LogP contribution is -2.13. The predicted octanol–water partition coefficient (Wildman–Crippen LogP) is 2.03. The molecule has 0 aliphatic rings. The second-order valence-corrected chi connectivity index (χ2v) is 5.69. The highest BCUT2D eigenvalue weighted by Crippen LogP contribution is 2.31. The van der Waals surface area contributed by atoms with E-state index in [1.165, 1.54) is 23.1 Å². The van der Waals surface area contributed by atoms with Crippen LogP contribution in [0.2, 0.25) is 0 Å². The summed E-state index contributed by atoms with van der Waals surface area (Å²) in [6.45, 7) is 4.03. The van der Waals surface area contributed by atoms with Crippen LogP contribution in [-0.4, -0.2) is 20.2 Å². The molecule has 2 aromatic rings. The van der Waals surface area contributed by atoms with E-state index in [2.05, 4.69) is 32.5 Å². The Bertz CT molecular complexity index is 513. The lowest BCUT2D eigenvalue weighted by atomic mass is 10.3. The van der Waals surface area contributed by atoms with Crippen molar-refractivity contribution in [3.63, 3.8) is 0 Å². The van der Waals surface area contributed by atoms with Crippen molar-refractivity contribution in [2.24, 2.45) is 5.84 Å². The summed E-state index contributed by atoms with van der Waals surface area (Å²) in [5.41, 5.74) is 5.25. The Morgan fingerprint density at radius 2 is 2.28 bits per heavy atom. The molecule has 6 nitrogen and oxygen atoms in total. The number of nitrogen functional groups attached to an aromatic ring is 1. The molecular weight excluding hydrogens is 268 g/mol. The van der Waals surface area contributed by atoms with Crippen molar-refractivity contribution in [2.45, 2.75) is 36.1 Å². The van der Waals surface area contributed by atoms with Gasteiger partial charge in [0.1, 0.15) is 22.2 Å². The lowest BCUT2D eigenvalue weighted by molar-refractivity contribution is 0.802. The van der Waals surface area contributed by atoms with Gasteiger partial charge in [-0.2, -0.15) is 0 Å². The first-order valence-corrected chi connectivity index (χ1v) is 7.22. The zero-order valence-corrected chi connectivity index (χ0v) is 11.8. The lowest BCUT2D eigenvalue weighted by Gasteiger charge is -2.10. The summed E-state index contributed by atoms with van der Waals surface area (Å²) >= 11 is 2.98. The highest BCUT2D eigenvalue weighted by Gasteiger charge is 2.12. The van der Waals surface area contributed by atoms with Crippen molar-refractivity contribution >= 4 is 28.9 Å². The standard InChI is InChI=1S/C10H14N6S2/c1-3-4-7-13-8(15-11)6(2)9(14-7)18-10-16-12-5-17-10/h5H,3-4,11H2,1-2H3,(H,13,14,15). The predicted molar refractivity (Wildman–Crippen MR) is 72.6 cm³/mol. The minimum absolute atomic E-state index is 0.667. The van der Waals surface area contributed by atoms with Crippen LogP contribution in [-0.2, 0) is 6.42 Å². The quantitative estimate of drug-likeness (QED) is 0.492. The third-order valence-corrected chi connectivity index (χ3v) is 4.15. The van der Waals surface area contributed by atoms with E-state index in [0.29, 0.717) is 5.82 Å². The number of rotatable bonds is 5. The van der Waals surface area contributed by atoms with Gasteiger partial charge >= 0.3 is 0 Å². The van der Waals surface area contributed by atoms with E-state index in [1.54, 1.807) is 5.51 Å². The molecule has 0 radical (unpaired) electrons. The normalized spacial score (nSPS) is 10.6. The monoisotopic (exact) mass is 282 g/mol. The van der Waals surface area contributed by atoms with Crippen LogP contribution in [0.4, 0.5) is 5.82 Å². The van der Waals surface area contributed by atoms with Crippen molar-refractivity contribution < 1.29 is 0 Å². The van der Waals surface area contributed by atoms with Crippen LogP contribution in [0.3, 0.4) is 0 Å². The van der Waals surface area contributed by atoms with E-state index >= 15 is 0 Å².